The number of hydrogen-bond donors (Lipinski definition) is 0. The largest absolute Gasteiger partial charge is 0.576 e. The van der Waals surface area contributed by atoms with Crippen LogP contribution in [-0.4, -0.2) is 37.5 Å². The summed E-state index contributed by atoms with van der Waals surface area (Å²) in [5.74, 6) is 1.64. The molecule has 0 spiro atoms. The first-order valence-corrected chi connectivity index (χ1v) is 18.2. The molecule has 0 heterocycles. The molecular formula is C26H43BO4Si2. The van der Waals surface area contributed by atoms with Crippen molar-refractivity contribution in [2.45, 2.75) is 77.8 Å². The zero-order chi connectivity index (χ0) is 24.5. The fraction of sp³-hybridized carbons (Fsp3) is 0.538. The van der Waals surface area contributed by atoms with Crippen molar-refractivity contribution in [1.82, 2.24) is 0 Å². The lowest BCUT2D eigenvalue weighted by atomic mass is 10.1. The average Bonchev–Trinajstić information content (AvgIpc) is 2.74. The Hall–Kier alpha value is -1.54. The van der Waals surface area contributed by atoms with Crippen LogP contribution in [0, 0.1) is 0 Å². The van der Waals surface area contributed by atoms with E-state index in [4.69, 9.17) is 18.2 Å². The Bertz CT molecular complexity index is 786. The first-order valence-electron chi connectivity index (χ1n) is 12.2. The topological polar surface area (TPSA) is 36.9 Å². The van der Waals surface area contributed by atoms with Crippen LogP contribution in [0.5, 0.6) is 11.5 Å². The Morgan fingerprint density at radius 1 is 0.667 bits per heavy atom. The molecule has 2 rings (SSSR count). The van der Waals surface area contributed by atoms with Crippen molar-refractivity contribution in [3.05, 3.63) is 59.7 Å². The van der Waals surface area contributed by atoms with E-state index in [9.17, 15) is 0 Å². The van der Waals surface area contributed by atoms with Crippen LogP contribution in [0.2, 0.25) is 37.3 Å². The molecule has 0 amide bonds. The van der Waals surface area contributed by atoms with Crippen molar-refractivity contribution in [3.63, 3.8) is 0 Å². The first-order chi connectivity index (χ1) is 15.5. The third-order valence-electron chi connectivity index (χ3n) is 6.76. The highest BCUT2D eigenvalue weighted by atomic mass is 28.4. The summed E-state index contributed by atoms with van der Waals surface area (Å²) in [5.41, 5.74) is 3.67. The fourth-order valence-electron chi connectivity index (χ4n) is 2.94. The Labute approximate surface area is 204 Å². The zero-order valence-electron chi connectivity index (χ0n) is 21.9. The lowest BCUT2D eigenvalue weighted by Gasteiger charge is -2.26. The molecule has 0 unspecified atom stereocenters. The predicted octanol–water partition coefficient (Wildman–Crippen LogP) is 6.76. The predicted molar refractivity (Wildman–Crippen MR) is 146 cm³/mol. The molecule has 0 radical (unpaired) electrons. The Kier molecular flexibility index (Phi) is 10.7. The van der Waals surface area contributed by atoms with Crippen molar-refractivity contribution in [2.75, 3.05) is 13.2 Å². The molecule has 0 aromatic heterocycles. The summed E-state index contributed by atoms with van der Waals surface area (Å²) >= 11 is 0. The quantitative estimate of drug-likeness (QED) is 0.277. The van der Waals surface area contributed by atoms with Crippen LogP contribution >= 0.6 is 0 Å². The maximum Gasteiger partial charge on any atom is 0.576 e. The Morgan fingerprint density at radius 2 is 1.06 bits per heavy atom. The minimum Gasteiger partial charge on any atom is -0.529 e. The molecule has 0 saturated heterocycles. The normalized spacial score (nSPS) is 12.3. The molecule has 0 N–H and O–H groups in total. The molecule has 0 aliphatic rings. The van der Waals surface area contributed by atoms with Gasteiger partial charge in [-0.25, -0.2) is 0 Å². The van der Waals surface area contributed by atoms with Gasteiger partial charge in [0.2, 0.25) is 0 Å². The fourth-order valence-corrected chi connectivity index (χ4v) is 4.87. The van der Waals surface area contributed by atoms with Crippen LogP contribution in [0.4, 0.5) is 0 Å². The van der Waals surface area contributed by atoms with E-state index in [2.05, 4.69) is 78.1 Å². The lowest BCUT2D eigenvalue weighted by molar-refractivity contribution is 0.305. The van der Waals surface area contributed by atoms with Crippen LogP contribution in [0.15, 0.2) is 48.5 Å². The van der Waals surface area contributed by atoms with E-state index in [0.717, 1.165) is 37.6 Å². The van der Waals surface area contributed by atoms with Gasteiger partial charge in [-0.3, -0.25) is 0 Å². The minimum absolute atomic E-state index is 0.181. The van der Waals surface area contributed by atoms with Gasteiger partial charge in [0.1, 0.15) is 11.5 Å². The van der Waals surface area contributed by atoms with E-state index in [1.165, 1.54) is 11.1 Å². The maximum absolute atomic E-state index is 6.21. The summed E-state index contributed by atoms with van der Waals surface area (Å²) in [5, 5.41) is 0. The molecule has 0 fully saturated rings. The molecule has 0 aliphatic heterocycles. The molecule has 7 heteroatoms. The van der Waals surface area contributed by atoms with Gasteiger partial charge in [-0.2, -0.15) is 0 Å². The van der Waals surface area contributed by atoms with Gasteiger partial charge >= 0.3 is 7.69 Å². The Morgan fingerprint density at radius 3 is 1.42 bits per heavy atom. The first kappa shape index (κ1) is 27.7. The average molecular weight is 487 g/mol. The Balaban J connectivity index is 1.79. The van der Waals surface area contributed by atoms with Crippen molar-refractivity contribution in [3.8, 4) is 11.5 Å². The summed E-state index contributed by atoms with van der Waals surface area (Å²) < 4.78 is 24.1. The monoisotopic (exact) mass is 486 g/mol. The van der Waals surface area contributed by atoms with Gasteiger partial charge in [0.15, 0.2) is 16.6 Å². The summed E-state index contributed by atoms with van der Waals surface area (Å²) in [6.45, 7) is 19.6. The van der Waals surface area contributed by atoms with Crippen molar-refractivity contribution < 1.29 is 18.2 Å². The van der Waals surface area contributed by atoms with E-state index in [-0.39, 0.29) is 7.69 Å². The number of hydrogen-bond acceptors (Lipinski definition) is 4. The molecule has 182 valence electrons. The molecule has 4 nitrogen and oxygen atoms in total. The van der Waals surface area contributed by atoms with Gasteiger partial charge in [0.05, 0.1) is 0 Å². The number of rotatable bonds is 14. The van der Waals surface area contributed by atoms with E-state index in [0.29, 0.717) is 11.1 Å². The molecule has 2 aromatic rings. The van der Waals surface area contributed by atoms with Crippen LogP contribution in [0.1, 0.15) is 38.8 Å². The summed E-state index contributed by atoms with van der Waals surface area (Å²) in [6.07, 6.45) is 1.78. The highest BCUT2D eigenvalue weighted by molar-refractivity contribution is 6.72. The van der Waals surface area contributed by atoms with Gasteiger partial charge < -0.3 is 18.2 Å². The van der Waals surface area contributed by atoms with Crippen molar-refractivity contribution in [1.29, 1.82) is 0 Å². The SMILES string of the molecule is CC(C)[Si](C)(C)OCCc1cccc(OBOc2cccc(CCO[Si](C)(C)C(C)C)c2)c1. The number of benzene rings is 2. The highest BCUT2D eigenvalue weighted by Crippen LogP contribution is 2.23. The van der Waals surface area contributed by atoms with E-state index < -0.39 is 16.6 Å². The van der Waals surface area contributed by atoms with E-state index in [1.54, 1.807) is 0 Å². The smallest absolute Gasteiger partial charge is 0.529 e. The molecule has 0 aliphatic carbocycles. The maximum atomic E-state index is 6.21. The summed E-state index contributed by atoms with van der Waals surface area (Å²) in [6, 6.07) is 16.4. The van der Waals surface area contributed by atoms with Gasteiger partial charge in [-0.1, -0.05) is 52.0 Å². The third-order valence-corrected chi connectivity index (χ3v) is 14.2. The van der Waals surface area contributed by atoms with Crippen molar-refractivity contribution >= 4 is 24.3 Å². The van der Waals surface area contributed by atoms with E-state index >= 15 is 0 Å². The van der Waals surface area contributed by atoms with E-state index in [1.807, 2.05) is 24.3 Å². The van der Waals surface area contributed by atoms with Gasteiger partial charge in [-0.05, 0) is 85.5 Å². The second-order valence-corrected chi connectivity index (χ2v) is 19.7. The third kappa shape index (κ3) is 9.69. The van der Waals surface area contributed by atoms with Crippen LogP contribution in [0.25, 0.3) is 0 Å². The highest BCUT2D eigenvalue weighted by Gasteiger charge is 2.27. The molecule has 0 saturated carbocycles. The van der Waals surface area contributed by atoms with Gasteiger partial charge in [0, 0.05) is 13.2 Å². The molecular weight excluding hydrogens is 443 g/mol. The van der Waals surface area contributed by atoms with Crippen LogP contribution in [-0.2, 0) is 21.7 Å². The summed E-state index contributed by atoms with van der Waals surface area (Å²) in [7, 11) is -3.00. The second-order valence-electron chi connectivity index (χ2n) is 10.4. The second kappa shape index (κ2) is 12.8. The van der Waals surface area contributed by atoms with Crippen molar-refractivity contribution in [2.24, 2.45) is 0 Å². The molecule has 0 atom stereocenters. The lowest BCUT2D eigenvalue weighted by Crippen LogP contribution is -2.34. The minimum atomic E-state index is -1.59. The standard InChI is InChI=1S/C26H43BO4Si2/c1-21(2)32(5,6)28-17-15-23-11-9-13-25(19-23)30-27-31-26-14-10-12-24(20-26)16-18-29-33(7,8)22(3)4/h9-14,19-22,27H,15-18H2,1-8H3. The van der Waals surface area contributed by atoms with Crippen LogP contribution in [0.3, 0.4) is 0 Å². The zero-order valence-corrected chi connectivity index (χ0v) is 23.9. The van der Waals surface area contributed by atoms with Gasteiger partial charge in [0.25, 0.3) is 0 Å². The molecule has 2 aromatic carbocycles. The summed E-state index contributed by atoms with van der Waals surface area (Å²) in [4.78, 5) is 0. The molecule has 33 heavy (non-hydrogen) atoms. The molecule has 0 bridgehead atoms. The van der Waals surface area contributed by atoms with Gasteiger partial charge in [-0.15, -0.1) is 0 Å². The van der Waals surface area contributed by atoms with Crippen LogP contribution < -0.4 is 9.31 Å².